The Morgan fingerprint density at radius 3 is 2.15 bits per heavy atom. The fourth-order valence-electron chi connectivity index (χ4n) is 1.97. The van der Waals surface area contributed by atoms with Gasteiger partial charge < -0.3 is 14.5 Å². The number of ether oxygens (including phenoxy) is 1. The molecule has 0 radical (unpaired) electrons. The summed E-state index contributed by atoms with van der Waals surface area (Å²) in [4.78, 5) is 26.6. The first-order valence-corrected chi connectivity index (χ1v) is 8.31. The van der Waals surface area contributed by atoms with E-state index in [1.54, 1.807) is 11.8 Å². The summed E-state index contributed by atoms with van der Waals surface area (Å²) in [7, 11) is -3.42. The Labute approximate surface area is 119 Å². The number of hydrogen-bond acceptors (Lipinski definition) is 5. The summed E-state index contributed by atoms with van der Waals surface area (Å²) in [5, 5.41) is 0. The molecular formula is C11H21N3O5S. The zero-order valence-electron chi connectivity index (χ0n) is 12.0. The summed E-state index contributed by atoms with van der Waals surface area (Å²) in [5.74, 6) is -0.293. The van der Waals surface area contributed by atoms with Gasteiger partial charge >= 0.3 is 6.09 Å². The van der Waals surface area contributed by atoms with E-state index in [9.17, 15) is 18.0 Å². The van der Waals surface area contributed by atoms with Crippen molar-refractivity contribution in [2.75, 3.05) is 39.0 Å². The van der Waals surface area contributed by atoms with Crippen molar-refractivity contribution in [1.29, 1.82) is 0 Å². The van der Waals surface area contributed by atoms with Crippen molar-refractivity contribution in [3.8, 4) is 0 Å². The summed E-state index contributed by atoms with van der Waals surface area (Å²) >= 11 is 0. The minimum absolute atomic E-state index is 0.293. The van der Waals surface area contributed by atoms with E-state index in [-0.39, 0.29) is 12.0 Å². The molecule has 0 bridgehead atoms. The van der Waals surface area contributed by atoms with Gasteiger partial charge in [0.05, 0.1) is 18.9 Å². The van der Waals surface area contributed by atoms with Gasteiger partial charge in [0, 0.05) is 26.2 Å². The summed E-state index contributed by atoms with van der Waals surface area (Å²) in [6.07, 6.45) is 0.622. The van der Waals surface area contributed by atoms with Crippen molar-refractivity contribution in [2.45, 2.75) is 19.9 Å². The summed E-state index contributed by atoms with van der Waals surface area (Å²) in [5.41, 5.74) is 0. The lowest BCUT2D eigenvalue weighted by Gasteiger charge is -2.35. The zero-order valence-corrected chi connectivity index (χ0v) is 12.8. The molecule has 1 rings (SSSR count). The number of sulfonamides is 1. The van der Waals surface area contributed by atoms with Crippen LogP contribution in [-0.2, 0) is 19.6 Å². The topological polar surface area (TPSA) is 96.0 Å². The van der Waals surface area contributed by atoms with E-state index >= 15 is 0 Å². The van der Waals surface area contributed by atoms with Gasteiger partial charge in [0.2, 0.25) is 15.9 Å². The number of hydrogen-bond donors (Lipinski definition) is 1. The molecule has 0 aromatic carbocycles. The second-order valence-electron chi connectivity index (χ2n) is 4.62. The third-order valence-corrected chi connectivity index (χ3v) is 3.66. The van der Waals surface area contributed by atoms with Crippen molar-refractivity contribution in [1.82, 2.24) is 14.5 Å². The largest absolute Gasteiger partial charge is 0.450 e. The number of carbonyl (C=O) groups excluding carboxylic acids is 2. The molecule has 116 valence electrons. The van der Waals surface area contributed by atoms with E-state index in [1.807, 2.05) is 0 Å². The maximum Gasteiger partial charge on any atom is 0.409 e. The van der Waals surface area contributed by atoms with Crippen LogP contribution in [0, 0.1) is 0 Å². The van der Waals surface area contributed by atoms with Crippen LogP contribution < -0.4 is 4.72 Å². The highest BCUT2D eigenvalue weighted by atomic mass is 32.2. The van der Waals surface area contributed by atoms with E-state index in [0.717, 1.165) is 6.26 Å². The molecule has 0 aliphatic carbocycles. The molecule has 2 amide bonds. The molecule has 1 heterocycles. The van der Waals surface area contributed by atoms with Crippen molar-refractivity contribution < 1.29 is 22.7 Å². The van der Waals surface area contributed by atoms with Gasteiger partial charge in [-0.3, -0.25) is 4.79 Å². The molecule has 0 aromatic heterocycles. The monoisotopic (exact) mass is 307 g/mol. The second-order valence-corrected chi connectivity index (χ2v) is 6.40. The molecule has 8 nitrogen and oxygen atoms in total. The van der Waals surface area contributed by atoms with Gasteiger partial charge in [0.1, 0.15) is 0 Å². The Morgan fingerprint density at radius 1 is 1.20 bits per heavy atom. The fraction of sp³-hybridized carbons (Fsp3) is 0.818. The lowest BCUT2D eigenvalue weighted by molar-refractivity contribution is -0.134. The van der Waals surface area contributed by atoms with Crippen LogP contribution in [0.1, 0.15) is 13.8 Å². The van der Waals surface area contributed by atoms with Crippen molar-refractivity contribution in [3.05, 3.63) is 0 Å². The standard InChI is InChI=1S/C11H21N3O5S/c1-4-19-11(16)14-7-5-13(6-8-14)10(15)9(2)12-20(3,17)18/h9,12H,4-8H2,1-3H3/t9-/m1/s1. The number of piperazine rings is 1. The smallest absolute Gasteiger partial charge is 0.409 e. The number of amides is 2. The highest BCUT2D eigenvalue weighted by Crippen LogP contribution is 2.06. The molecular weight excluding hydrogens is 286 g/mol. The van der Waals surface area contributed by atoms with E-state index < -0.39 is 16.1 Å². The quantitative estimate of drug-likeness (QED) is 0.735. The minimum Gasteiger partial charge on any atom is -0.450 e. The molecule has 1 fully saturated rings. The third kappa shape index (κ3) is 4.97. The Kier molecular flexibility index (Phi) is 5.75. The highest BCUT2D eigenvalue weighted by Gasteiger charge is 2.28. The Balaban J connectivity index is 2.48. The van der Waals surface area contributed by atoms with Crippen molar-refractivity contribution in [3.63, 3.8) is 0 Å². The molecule has 1 N–H and O–H groups in total. The van der Waals surface area contributed by atoms with Gasteiger partial charge in [0.25, 0.3) is 0 Å². The SMILES string of the molecule is CCOC(=O)N1CCN(C(=O)[C@@H](C)NS(C)(=O)=O)CC1. The van der Waals surface area contributed by atoms with Crippen molar-refractivity contribution >= 4 is 22.0 Å². The number of carbonyl (C=O) groups is 2. The predicted molar refractivity (Wildman–Crippen MR) is 72.6 cm³/mol. The molecule has 0 unspecified atom stereocenters. The maximum absolute atomic E-state index is 12.0. The second kappa shape index (κ2) is 6.89. The van der Waals surface area contributed by atoms with Crippen LogP contribution in [0.15, 0.2) is 0 Å². The Hall–Kier alpha value is -1.35. The third-order valence-electron chi connectivity index (χ3n) is 2.88. The van der Waals surface area contributed by atoms with Gasteiger partial charge in [0.15, 0.2) is 0 Å². The molecule has 1 aliphatic heterocycles. The van der Waals surface area contributed by atoms with Crippen LogP contribution >= 0.6 is 0 Å². The molecule has 1 aliphatic rings. The van der Waals surface area contributed by atoms with Crippen LogP contribution in [-0.4, -0.2) is 75.3 Å². The van der Waals surface area contributed by atoms with E-state index in [0.29, 0.717) is 32.8 Å². The summed E-state index contributed by atoms with van der Waals surface area (Å²) < 4.78 is 29.3. The molecule has 0 aromatic rings. The number of nitrogens with zero attached hydrogens (tertiary/aromatic N) is 2. The number of rotatable bonds is 4. The molecule has 0 saturated carbocycles. The molecule has 20 heavy (non-hydrogen) atoms. The van der Waals surface area contributed by atoms with E-state index in [1.165, 1.54) is 11.8 Å². The first-order chi connectivity index (χ1) is 9.24. The lowest BCUT2D eigenvalue weighted by Crippen LogP contribution is -2.55. The van der Waals surface area contributed by atoms with Crippen molar-refractivity contribution in [2.24, 2.45) is 0 Å². The summed E-state index contributed by atoms with van der Waals surface area (Å²) in [6, 6.07) is -0.806. The molecule has 9 heteroatoms. The van der Waals surface area contributed by atoms with Gasteiger partial charge in [-0.2, -0.15) is 0 Å². The first-order valence-electron chi connectivity index (χ1n) is 6.42. The van der Waals surface area contributed by atoms with Crippen LogP contribution in [0.4, 0.5) is 4.79 Å². The average molecular weight is 307 g/mol. The summed E-state index contributed by atoms with van der Waals surface area (Å²) in [6.45, 7) is 5.05. The average Bonchev–Trinajstić information content (AvgIpc) is 2.36. The predicted octanol–water partition coefficient (Wildman–Crippen LogP) is -0.775. The van der Waals surface area contributed by atoms with Gasteiger partial charge in [-0.05, 0) is 13.8 Å². The molecule has 1 atom stereocenters. The van der Waals surface area contributed by atoms with Crippen LogP contribution in [0.3, 0.4) is 0 Å². The maximum atomic E-state index is 12.0. The van der Waals surface area contributed by atoms with Gasteiger partial charge in [-0.1, -0.05) is 0 Å². The van der Waals surface area contributed by atoms with Crippen LogP contribution in [0.5, 0.6) is 0 Å². The van der Waals surface area contributed by atoms with E-state index in [2.05, 4.69) is 4.72 Å². The molecule has 1 saturated heterocycles. The first kappa shape index (κ1) is 16.7. The van der Waals surface area contributed by atoms with Gasteiger partial charge in [-0.25, -0.2) is 17.9 Å². The normalized spacial score (nSPS) is 17.8. The van der Waals surface area contributed by atoms with Crippen LogP contribution in [0.2, 0.25) is 0 Å². The lowest BCUT2D eigenvalue weighted by atomic mass is 10.2. The van der Waals surface area contributed by atoms with E-state index in [4.69, 9.17) is 4.74 Å². The van der Waals surface area contributed by atoms with Crippen LogP contribution in [0.25, 0.3) is 0 Å². The highest BCUT2D eigenvalue weighted by molar-refractivity contribution is 7.88. The minimum atomic E-state index is -3.42. The number of nitrogens with one attached hydrogen (secondary N) is 1. The Morgan fingerprint density at radius 2 is 1.70 bits per heavy atom. The fourth-order valence-corrected chi connectivity index (χ4v) is 2.71. The zero-order chi connectivity index (χ0) is 15.3. The Bertz CT molecular complexity index is 457. The molecule has 0 spiro atoms. The van der Waals surface area contributed by atoms with Gasteiger partial charge in [-0.15, -0.1) is 0 Å².